The smallest absolute Gasteiger partial charge is 0.408 e. The molecule has 1 aromatic carbocycles. The van der Waals surface area contributed by atoms with Crippen LogP contribution in [0.3, 0.4) is 0 Å². The molecule has 0 aliphatic rings. The monoisotopic (exact) mass is 310 g/mol. The van der Waals surface area contributed by atoms with Crippen molar-refractivity contribution in [3.8, 4) is 0 Å². The lowest BCUT2D eigenvalue weighted by Crippen LogP contribution is -2.43. The predicted molar refractivity (Wildman–Crippen MR) is 81.0 cm³/mol. The van der Waals surface area contributed by atoms with Crippen molar-refractivity contribution < 1.29 is 24.2 Å². The van der Waals surface area contributed by atoms with Gasteiger partial charge < -0.3 is 25.6 Å². The van der Waals surface area contributed by atoms with Crippen molar-refractivity contribution in [1.82, 2.24) is 5.32 Å². The molecule has 0 radical (unpaired) electrons. The van der Waals surface area contributed by atoms with E-state index in [9.17, 15) is 14.7 Å². The summed E-state index contributed by atoms with van der Waals surface area (Å²) in [4.78, 5) is 23.5. The molecule has 22 heavy (non-hydrogen) atoms. The number of methoxy groups -OCH3 is 1. The number of ether oxygens (including phenoxy) is 2. The van der Waals surface area contributed by atoms with Crippen molar-refractivity contribution in [2.75, 3.05) is 12.8 Å². The molecular formula is C15H22N2O5. The summed E-state index contributed by atoms with van der Waals surface area (Å²) in [5.41, 5.74) is 5.92. The van der Waals surface area contributed by atoms with Crippen LogP contribution < -0.4 is 11.1 Å². The molecule has 0 saturated carbocycles. The van der Waals surface area contributed by atoms with E-state index in [1.807, 2.05) is 0 Å². The average Bonchev–Trinajstić information content (AvgIpc) is 2.42. The van der Waals surface area contributed by atoms with Crippen molar-refractivity contribution >= 4 is 17.7 Å². The largest absolute Gasteiger partial charge is 0.467 e. The molecule has 1 aromatic rings. The Balaban J connectivity index is 2.99. The van der Waals surface area contributed by atoms with E-state index < -0.39 is 29.8 Å². The summed E-state index contributed by atoms with van der Waals surface area (Å²) in [6, 6.07) is 5.39. The Kier molecular flexibility index (Phi) is 5.76. The lowest BCUT2D eigenvalue weighted by atomic mass is 10.0. The van der Waals surface area contributed by atoms with Crippen LogP contribution in [0.5, 0.6) is 0 Å². The first-order valence-electron chi connectivity index (χ1n) is 6.75. The number of nitrogen functional groups attached to an aromatic ring is 1. The maximum Gasteiger partial charge on any atom is 0.408 e. The number of aliphatic hydroxyl groups is 1. The summed E-state index contributed by atoms with van der Waals surface area (Å²) in [7, 11) is 1.15. The number of aliphatic hydroxyl groups excluding tert-OH is 1. The SMILES string of the molecule is COC(=O)[C@@H](O)[C@@H](NC(=O)OC(C)(C)C)c1ccc(N)cc1. The van der Waals surface area contributed by atoms with Crippen LogP contribution in [0, 0.1) is 0 Å². The number of rotatable bonds is 4. The minimum Gasteiger partial charge on any atom is -0.467 e. The number of carbonyl (C=O) groups is 2. The maximum atomic E-state index is 11.9. The molecule has 1 rings (SSSR count). The van der Waals surface area contributed by atoms with Gasteiger partial charge in [-0.3, -0.25) is 0 Å². The Morgan fingerprint density at radius 2 is 1.77 bits per heavy atom. The summed E-state index contributed by atoms with van der Waals surface area (Å²) < 4.78 is 9.65. The number of alkyl carbamates (subject to hydrolysis) is 1. The van der Waals surface area contributed by atoms with E-state index in [4.69, 9.17) is 10.5 Å². The highest BCUT2D eigenvalue weighted by Crippen LogP contribution is 2.20. The fraction of sp³-hybridized carbons (Fsp3) is 0.467. The van der Waals surface area contributed by atoms with Gasteiger partial charge >= 0.3 is 12.1 Å². The van der Waals surface area contributed by atoms with E-state index in [0.29, 0.717) is 11.3 Å². The zero-order chi connectivity index (χ0) is 16.9. The Morgan fingerprint density at radius 3 is 2.23 bits per heavy atom. The Morgan fingerprint density at radius 1 is 1.23 bits per heavy atom. The standard InChI is InChI=1S/C15H22N2O5/c1-15(2,3)22-14(20)17-11(12(18)13(19)21-4)9-5-7-10(16)8-6-9/h5-8,11-12,18H,16H2,1-4H3,(H,17,20)/t11-,12-/m0/s1. The van der Waals surface area contributed by atoms with Crippen LogP contribution in [0.4, 0.5) is 10.5 Å². The van der Waals surface area contributed by atoms with E-state index in [1.54, 1.807) is 45.0 Å². The fourth-order valence-electron chi connectivity index (χ4n) is 1.74. The van der Waals surface area contributed by atoms with Crippen LogP contribution in [0.1, 0.15) is 32.4 Å². The van der Waals surface area contributed by atoms with Gasteiger partial charge in [0.1, 0.15) is 5.60 Å². The number of hydrogen-bond acceptors (Lipinski definition) is 6. The number of amides is 1. The molecular weight excluding hydrogens is 288 g/mol. The number of hydrogen-bond donors (Lipinski definition) is 3. The molecule has 4 N–H and O–H groups in total. The van der Waals surface area contributed by atoms with Gasteiger partial charge in [-0.2, -0.15) is 0 Å². The second-order valence-electron chi connectivity index (χ2n) is 5.76. The number of anilines is 1. The van der Waals surface area contributed by atoms with E-state index >= 15 is 0 Å². The third-order valence-corrected chi connectivity index (χ3v) is 2.73. The molecule has 0 unspecified atom stereocenters. The molecule has 0 saturated heterocycles. The first-order valence-corrected chi connectivity index (χ1v) is 6.75. The van der Waals surface area contributed by atoms with Crippen molar-refractivity contribution in [3.63, 3.8) is 0 Å². The topological polar surface area (TPSA) is 111 Å². The van der Waals surface area contributed by atoms with Crippen LogP contribution in [-0.4, -0.2) is 36.0 Å². The van der Waals surface area contributed by atoms with Gasteiger partial charge in [-0.05, 0) is 38.5 Å². The summed E-state index contributed by atoms with van der Waals surface area (Å²) in [6.45, 7) is 5.13. The summed E-state index contributed by atoms with van der Waals surface area (Å²) in [5.74, 6) is -0.863. The van der Waals surface area contributed by atoms with Crippen molar-refractivity contribution in [2.45, 2.75) is 38.5 Å². The highest BCUT2D eigenvalue weighted by atomic mass is 16.6. The van der Waals surface area contributed by atoms with Crippen LogP contribution >= 0.6 is 0 Å². The second-order valence-corrected chi connectivity index (χ2v) is 5.76. The molecule has 7 nitrogen and oxygen atoms in total. The number of nitrogens with one attached hydrogen (secondary N) is 1. The number of carbonyl (C=O) groups excluding carboxylic acids is 2. The molecule has 2 atom stereocenters. The minimum atomic E-state index is -1.57. The van der Waals surface area contributed by atoms with E-state index in [2.05, 4.69) is 10.1 Å². The molecule has 0 aliphatic heterocycles. The summed E-state index contributed by atoms with van der Waals surface area (Å²) >= 11 is 0. The van der Waals surface area contributed by atoms with Gasteiger partial charge in [0.15, 0.2) is 6.10 Å². The van der Waals surface area contributed by atoms with Gasteiger partial charge in [-0.15, -0.1) is 0 Å². The van der Waals surface area contributed by atoms with Gasteiger partial charge in [0.25, 0.3) is 0 Å². The first-order chi connectivity index (χ1) is 10.1. The minimum absolute atomic E-state index is 0.498. The Labute approximate surface area is 129 Å². The molecule has 122 valence electrons. The van der Waals surface area contributed by atoms with Gasteiger partial charge in [-0.1, -0.05) is 12.1 Å². The quantitative estimate of drug-likeness (QED) is 0.572. The lowest BCUT2D eigenvalue weighted by molar-refractivity contribution is -0.152. The Hall–Kier alpha value is -2.28. The molecule has 0 spiro atoms. The molecule has 0 heterocycles. The fourth-order valence-corrected chi connectivity index (χ4v) is 1.74. The molecule has 0 bridgehead atoms. The third kappa shape index (κ3) is 5.25. The number of benzene rings is 1. The van der Waals surface area contributed by atoms with Crippen molar-refractivity contribution in [2.24, 2.45) is 0 Å². The van der Waals surface area contributed by atoms with Crippen LogP contribution in [-0.2, 0) is 14.3 Å². The van der Waals surface area contributed by atoms with E-state index in [-0.39, 0.29) is 0 Å². The summed E-state index contributed by atoms with van der Waals surface area (Å²) in [6.07, 6.45) is -2.32. The second kappa shape index (κ2) is 7.13. The van der Waals surface area contributed by atoms with E-state index in [0.717, 1.165) is 7.11 Å². The number of nitrogens with two attached hydrogens (primary N) is 1. The van der Waals surface area contributed by atoms with Gasteiger partial charge in [0, 0.05) is 5.69 Å². The first kappa shape index (κ1) is 17.8. The normalized spacial score (nSPS) is 13.9. The highest BCUT2D eigenvalue weighted by Gasteiger charge is 2.31. The molecule has 0 fully saturated rings. The predicted octanol–water partition coefficient (Wildman–Crippen LogP) is 1.37. The van der Waals surface area contributed by atoms with Crippen molar-refractivity contribution in [3.05, 3.63) is 29.8 Å². The molecule has 1 amide bonds. The highest BCUT2D eigenvalue weighted by molar-refractivity contribution is 5.77. The van der Waals surface area contributed by atoms with Crippen LogP contribution in [0.25, 0.3) is 0 Å². The maximum absolute atomic E-state index is 11.9. The van der Waals surface area contributed by atoms with Crippen LogP contribution in [0.15, 0.2) is 24.3 Å². The number of esters is 1. The average molecular weight is 310 g/mol. The summed E-state index contributed by atoms with van der Waals surface area (Å²) in [5, 5.41) is 12.5. The van der Waals surface area contributed by atoms with Crippen molar-refractivity contribution in [1.29, 1.82) is 0 Å². The zero-order valence-electron chi connectivity index (χ0n) is 13.1. The van der Waals surface area contributed by atoms with Gasteiger partial charge in [0.2, 0.25) is 0 Å². The molecule has 7 heteroatoms. The van der Waals surface area contributed by atoms with Gasteiger partial charge in [-0.25, -0.2) is 9.59 Å². The lowest BCUT2D eigenvalue weighted by Gasteiger charge is -2.26. The Bertz CT molecular complexity index is 522. The molecule has 0 aliphatic carbocycles. The zero-order valence-corrected chi connectivity index (χ0v) is 13.1. The third-order valence-electron chi connectivity index (χ3n) is 2.73. The van der Waals surface area contributed by atoms with E-state index in [1.165, 1.54) is 0 Å². The van der Waals surface area contributed by atoms with Crippen LogP contribution in [0.2, 0.25) is 0 Å². The van der Waals surface area contributed by atoms with Gasteiger partial charge in [0.05, 0.1) is 13.2 Å². The molecule has 0 aromatic heterocycles.